The molecule has 4 nitrogen and oxygen atoms in total. The summed E-state index contributed by atoms with van der Waals surface area (Å²) < 4.78 is 11.6. The predicted molar refractivity (Wildman–Crippen MR) is 90.3 cm³/mol. The van der Waals surface area contributed by atoms with Gasteiger partial charge in [-0.3, -0.25) is 4.98 Å². The topological polar surface area (TPSA) is 51.6 Å². The Morgan fingerprint density at radius 3 is 2.48 bits per heavy atom. The summed E-state index contributed by atoms with van der Waals surface area (Å²) in [7, 11) is 0. The Morgan fingerprint density at radius 1 is 1.13 bits per heavy atom. The van der Waals surface area contributed by atoms with Crippen molar-refractivity contribution in [1.82, 2.24) is 4.98 Å². The zero-order valence-electron chi connectivity index (χ0n) is 13.6. The first-order valence-electron chi connectivity index (χ1n) is 7.62. The van der Waals surface area contributed by atoms with E-state index >= 15 is 0 Å². The molecule has 1 aromatic carbocycles. The van der Waals surface area contributed by atoms with Gasteiger partial charge in [0.1, 0.15) is 5.75 Å². The lowest BCUT2D eigenvalue weighted by Gasteiger charge is -2.22. The van der Waals surface area contributed by atoms with Crippen LogP contribution in [0.25, 0.3) is 0 Å². The highest BCUT2D eigenvalue weighted by molar-refractivity contribution is 7.98. The highest BCUT2D eigenvalue weighted by Crippen LogP contribution is 2.35. The monoisotopic (exact) mass is 331 g/mol. The van der Waals surface area contributed by atoms with Gasteiger partial charge in [0.05, 0.1) is 24.6 Å². The number of ether oxygens (including phenoxy) is 2. The fourth-order valence-corrected chi connectivity index (χ4v) is 3.40. The Balaban J connectivity index is 1.90. The number of rotatable bonds is 3. The van der Waals surface area contributed by atoms with Gasteiger partial charge in [0.25, 0.3) is 0 Å². The molecule has 0 fully saturated rings. The van der Waals surface area contributed by atoms with Crippen LogP contribution in [0.5, 0.6) is 5.75 Å². The van der Waals surface area contributed by atoms with Gasteiger partial charge in [0, 0.05) is 21.8 Å². The van der Waals surface area contributed by atoms with Crippen molar-refractivity contribution in [3.05, 3.63) is 52.8 Å². The van der Waals surface area contributed by atoms with E-state index in [1.807, 2.05) is 39.0 Å². The second kappa shape index (κ2) is 6.51. The first-order chi connectivity index (χ1) is 11.0. The number of nitrogens with zero attached hydrogens (tertiary/aromatic N) is 1. The lowest BCUT2D eigenvalue weighted by Crippen LogP contribution is -2.25. The molecule has 3 rings (SSSR count). The van der Waals surface area contributed by atoms with Crippen molar-refractivity contribution in [2.24, 2.45) is 0 Å². The van der Waals surface area contributed by atoms with E-state index in [2.05, 4.69) is 17.1 Å². The van der Waals surface area contributed by atoms with Gasteiger partial charge in [-0.1, -0.05) is 18.2 Å². The zero-order valence-corrected chi connectivity index (χ0v) is 14.4. The number of hydrogen-bond donors (Lipinski definition) is 1. The van der Waals surface area contributed by atoms with Crippen LogP contribution in [-0.4, -0.2) is 15.9 Å². The molecule has 0 amide bonds. The van der Waals surface area contributed by atoms with E-state index < -0.39 is 5.79 Å². The quantitative estimate of drug-likeness (QED) is 0.856. The van der Waals surface area contributed by atoms with Crippen molar-refractivity contribution in [3.63, 3.8) is 0 Å². The maximum atomic E-state index is 10.3. The van der Waals surface area contributed by atoms with E-state index in [-0.39, 0.29) is 5.75 Å². The van der Waals surface area contributed by atoms with Crippen molar-refractivity contribution >= 4 is 11.8 Å². The van der Waals surface area contributed by atoms with Crippen molar-refractivity contribution < 1.29 is 14.6 Å². The fourth-order valence-electron chi connectivity index (χ4n) is 2.51. The molecule has 23 heavy (non-hydrogen) atoms. The fraction of sp³-hybridized carbons (Fsp3) is 0.389. The third-order valence-corrected chi connectivity index (χ3v) is 4.91. The third kappa shape index (κ3) is 3.68. The molecule has 0 saturated carbocycles. The van der Waals surface area contributed by atoms with E-state index in [9.17, 15) is 5.11 Å². The van der Waals surface area contributed by atoms with Crippen LogP contribution in [0.1, 0.15) is 36.4 Å². The maximum Gasteiger partial charge on any atom is 0.163 e. The van der Waals surface area contributed by atoms with Gasteiger partial charge in [-0.25, -0.2) is 0 Å². The van der Waals surface area contributed by atoms with Gasteiger partial charge in [-0.05, 0) is 32.9 Å². The summed E-state index contributed by atoms with van der Waals surface area (Å²) in [6.45, 7) is 6.32. The summed E-state index contributed by atoms with van der Waals surface area (Å²) >= 11 is 1.73. The molecule has 1 aliphatic rings. The van der Waals surface area contributed by atoms with E-state index in [1.54, 1.807) is 11.8 Å². The van der Waals surface area contributed by atoms with E-state index in [1.165, 1.54) is 4.90 Å². The molecule has 0 radical (unpaired) electrons. The highest BCUT2D eigenvalue weighted by Gasteiger charge is 2.28. The van der Waals surface area contributed by atoms with Gasteiger partial charge in [-0.2, -0.15) is 0 Å². The van der Waals surface area contributed by atoms with Crippen LogP contribution >= 0.6 is 11.8 Å². The van der Waals surface area contributed by atoms with Crippen molar-refractivity contribution in [2.45, 2.75) is 50.4 Å². The molecule has 1 aliphatic heterocycles. The number of pyridine rings is 1. The molecule has 0 bridgehead atoms. The standard InChI is InChI=1S/C18H21NO3S/c1-12-17(20)15-10-22-18(2,3)21-9-14(15)16(19-12)11-23-13-7-5-4-6-8-13/h4-8,20H,9-11H2,1-3H3. The van der Waals surface area contributed by atoms with Crippen LogP contribution in [0.4, 0.5) is 0 Å². The molecule has 0 saturated heterocycles. The normalized spacial score (nSPS) is 16.7. The van der Waals surface area contributed by atoms with Gasteiger partial charge < -0.3 is 14.6 Å². The zero-order chi connectivity index (χ0) is 16.4. The van der Waals surface area contributed by atoms with Crippen LogP contribution in [0.2, 0.25) is 0 Å². The summed E-state index contributed by atoms with van der Waals surface area (Å²) in [6, 6.07) is 10.2. The highest BCUT2D eigenvalue weighted by atomic mass is 32.2. The van der Waals surface area contributed by atoms with Crippen LogP contribution in [0, 0.1) is 6.92 Å². The molecule has 0 unspecified atom stereocenters. The molecule has 0 atom stereocenters. The van der Waals surface area contributed by atoms with Crippen molar-refractivity contribution in [2.75, 3.05) is 0 Å². The molecule has 0 aliphatic carbocycles. The first-order valence-corrected chi connectivity index (χ1v) is 8.61. The third-order valence-electron chi connectivity index (χ3n) is 3.89. The molecule has 0 spiro atoms. The molecule has 5 heteroatoms. The number of aromatic nitrogens is 1. The summed E-state index contributed by atoms with van der Waals surface area (Å²) in [6.07, 6.45) is 0. The molecule has 122 valence electrons. The number of thioether (sulfide) groups is 1. The van der Waals surface area contributed by atoms with E-state index in [0.717, 1.165) is 22.6 Å². The number of aromatic hydroxyl groups is 1. The molecular weight excluding hydrogens is 310 g/mol. The average molecular weight is 331 g/mol. The predicted octanol–water partition coefficient (Wildman–Crippen LogP) is 4.17. The van der Waals surface area contributed by atoms with Crippen molar-refractivity contribution in [1.29, 1.82) is 0 Å². The van der Waals surface area contributed by atoms with Gasteiger partial charge >= 0.3 is 0 Å². The second-order valence-corrected chi connectivity index (χ2v) is 7.08. The number of hydrogen-bond acceptors (Lipinski definition) is 5. The van der Waals surface area contributed by atoms with E-state index in [0.29, 0.717) is 18.9 Å². The molecular formula is C18H21NO3S. The van der Waals surface area contributed by atoms with Crippen LogP contribution in [-0.2, 0) is 28.4 Å². The summed E-state index contributed by atoms with van der Waals surface area (Å²) in [4.78, 5) is 5.78. The number of aryl methyl sites for hydroxylation is 1. The molecule has 2 aromatic rings. The Bertz CT molecular complexity index is 701. The Kier molecular flexibility index (Phi) is 4.62. The largest absolute Gasteiger partial charge is 0.506 e. The van der Waals surface area contributed by atoms with Crippen molar-refractivity contribution in [3.8, 4) is 5.75 Å². The summed E-state index contributed by atoms with van der Waals surface area (Å²) in [5.41, 5.74) is 3.33. The SMILES string of the molecule is Cc1nc(CSc2ccccc2)c2c(c1O)COC(C)(C)OC2. The average Bonchev–Trinajstić information content (AvgIpc) is 2.69. The number of benzene rings is 1. The summed E-state index contributed by atoms with van der Waals surface area (Å²) in [5.74, 6) is 0.287. The lowest BCUT2D eigenvalue weighted by molar-refractivity contribution is -0.219. The smallest absolute Gasteiger partial charge is 0.163 e. The first kappa shape index (κ1) is 16.3. The second-order valence-electron chi connectivity index (χ2n) is 6.03. The maximum absolute atomic E-state index is 10.3. The molecule has 2 heterocycles. The number of fused-ring (bicyclic) bond motifs is 1. The van der Waals surface area contributed by atoms with Crippen LogP contribution in [0.15, 0.2) is 35.2 Å². The minimum absolute atomic E-state index is 0.217. The minimum Gasteiger partial charge on any atom is -0.506 e. The Labute approximate surface area is 140 Å². The molecule has 1 aromatic heterocycles. The minimum atomic E-state index is -0.663. The van der Waals surface area contributed by atoms with Crippen LogP contribution < -0.4 is 0 Å². The van der Waals surface area contributed by atoms with E-state index in [4.69, 9.17) is 9.47 Å². The Morgan fingerprint density at radius 2 is 1.78 bits per heavy atom. The van der Waals surface area contributed by atoms with Gasteiger partial charge in [0.2, 0.25) is 0 Å². The van der Waals surface area contributed by atoms with Crippen LogP contribution in [0.3, 0.4) is 0 Å². The summed E-state index contributed by atoms with van der Waals surface area (Å²) in [5, 5.41) is 10.3. The Hall–Kier alpha value is -1.56. The molecule has 1 N–H and O–H groups in total. The lowest BCUT2D eigenvalue weighted by atomic mass is 10.1. The van der Waals surface area contributed by atoms with Gasteiger partial charge in [0.15, 0.2) is 5.79 Å². The van der Waals surface area contributed by atoms with Gasteiger partial charge in [-0.15, -0.1) is 11.8 Å².